The van der Waals surface area contributed by atoms with E-state index in [-0.39, 0.29) is 24.0 Å². The zero-order chi connectivity index (χ0) is 15.4. The van der Waals surface area contributed by atoms with E-state index in [1.165, 1.54) is 11.1 Å². The van der Waals surface area contributed by atoms with Gasteiger partial charge in [-0.3, -0.25) is 4.68 Å². The second-order valence-electron chi connectivity index (χ2n) is 5.56. The van der Waals surface area contributed by atoms with Gasteiger partial charge in [-0.25, -0.2) is 4.99 Å². The summed E-state index contributed by atoms with van der Waals surface area (Å²) in [4.78, 5) is 7.12. The maximum atomic E-state index is 4.78. The molecule has 23 heavy (non-hydrogen) atoms. The Hall–Kier alpha value is -1.57. The Labute approximate surface area is 154 Å². The fourth-order valence-corrected chi connectivity index (χ4v) is 2.81. The summed E-state index contributed by atoms with van der Waals surface area (Å²) in [6.45, 7) is 5.57. The van der Waals surface area contributed by atoms with Gasteiger partial charge < -0.3 is 10.2 Å². The van der Waals surface area contributed by atoms with Crippen molar-refractivity contribution in [3.63, 3.8) is 0 Å². The summed E-state index contributed by atoms with van der Waals surface area (Å²) in [5.41, 5.74) is 3.98. The molecular formula is C17H24IN5. The Kier molecular flexibility index (Phi) is 6.44. The summed E-state index contributed by atoms with van der Waals surface area (Å²) in [5, 5.41) is 7.61. The van der Waals surface area contributed by atoms with Gasteiger partial charge in [-0.05, 0) is 30.5 Å². The van der Waals surface area contributed by atoms with Gasteiger partial charge in [0.1, 0.15) is 0 Å². The normalized spacial score (nSPS) is 14.2. The van der Waals surface area contributed by atoms with Gasteiger partial charge in [0.15, 0.2) is 5.96 Å². The SMILES string of the molecule is CCNC(=NCc1ccnn1C)N1CCc2ccccc2C1.I. The molecule has 0 saturated carbocycles. The summed E-state index contributed by atoms with van der Waals surface area (Å²) in [6.07, 6.45) is 2.89. The Morgan fingerprint density at radius 2 is 2.04 bits per heavy atom. The van der Waals surface area contributed by atoms with Crippen LogP contribution in [0.3, 0.4) is 0 Å². The summed E-state index contributed by atoms with van der Waals surface area (Å²) in [6, 6.07) is 10.7. The zero-order valence-corrected chi connectivity index (χ0v) is 16.0. The molecule has 6 heteroatoms. The first-order valence-electron chi connectivity index (χ1n) is 7.85. The highest BCUT2D eigenvalue weighted by atomic mass is 127. The number of halogens is 1. The quantitative estimate of drug-likeness (QED) is 0.467. The number of nitrogens with one attached hydrogen (secondary N) is 1. The zero-order valence-electron chi connectivity index (χ0n) is 13.7. The van der Waals surface area contributed by atoms with Gasteiger partial charge in [-0.1, -0.05) is 24.3 Å². The Bertz CT molecular complexity index is 665. The third kappa shape index (κ3) is 4.25. The van der Waals surface area contributed by atoms with E-state index in [1.54, 1.807) is 0 Å². The summed E-state index contributed by atoms with van der Waals surface area (Å²) in [5.74, 6) is 0.984. The molecular weight excluding hydrogens is 401 g/mol. The highest BCUT2D eigenvalue weighted by Gasteiger charge is 2.18. The first kappa shape index (κ1) is 17.8. The number of hydrogen-bond donors (Lipinski definition) is 1. The second kappa shape index (κ2) is 8.33. The molecule has 0 radical (unpaired) electrons. The molecule has 2 heterocycles. The van der Waals surface area contributed by atoms with Crippen LogP contribution in [0.2, 0.25) is 0 Å². The smallest absolute Gasteiger partial charge is 0.194 e. The number of nitrogens with zero attached hydrogens (tertiary/aromatic N) is 4. The maximum Gasteiger partial charge on any atom is 0.194 e. The minimum absolute atomic E-state index is 0. The Morgan fingerprint density at radius 3 is 2.74 bits per heavy atom. The number of benzene rings is 1. The molecule has 1 aliphatic rings. The van der Waals surface area contributed by atoms with Crippen molar-refractivity contribution < 1.29 is 0 Å². The molecule has 2 aromatic rings. The van der Waals surface area contributed by atoms with Crippen LogP contribution in [-0.2, 0) is 26.6 Å². The first-order valence-corrected chi connectivity index (χ1v) is 7.85. The molecule has 124 valence electrons. The van der Waals surface area contributed by atoms with Gasteiger partial charge >= 0.3 is 0 Å². The lowest BCUT2D eigenvalue weighted by Gasteiger charge is -2.31. The van der Waals surface area contributed by atoms with Crippen molar-refractivity contribution in [1.82, 2.24) is 20.0 Å². The third-order valence-electron chi connectivity index (χ3n) is 4.08. The van der Waals surface area contributed by atoms with Crippen molar-refractivity contribution >= 4 is 29.9 Å². The predicted octanol–water partition coefficient (Wildman–Crippen LogP) is 2.56. The van der Waals surface area contributed by atoms with Crippen LogP contribution in [-0.4, -0.2) is 33.7 Å². The minimum Gasteiger partial charge on any atom is -0.356 e. The van der Waals surface area contributed by atoms with E-state index in [9.17, 15) is 0 Å². The van der Waals surface area contributed by atoms with Gasteiger partial charge in [0.05, 0.1) is 12.2 Å². The van der Waals surface area contributed by atoms with Crippen molar-refractivity contribution in [2.45, 2.75) is 26.4 Å². The molecule has 5 nitrogen and oxygen atoms in total. The summed E-state index contributed by atoms with van der Waals surface area (Å²) >= 11 is 0. The van der Waals surface area contributed by atoms with Crippen LogP contribution < -0.4 is 5.32 Å². The summed E-state index contributed by atoms with van der Waals surface area (Å²) < 4.78 is 1.87. The Balaban J connectivity index is 0.00000192. The number of aromatic nitrogens is 2. The van der Waals surface area contributed by atoms with Crippen LogP contribution >= 0.6 is 24.0 Å². The molecule has 0 saturated heterocycles. The van der Waals surface area contributed by atoms with E-state index in [4.69, 9.17) is 4.99 Å². The average molecular weight is 425 g/mol. The van der Waals surface area contributed by atoms with E-state index in [2.05, 4.69) is 46.5 Å². The topological polar surface area (TPSA) is 45.5 Å². The average Bonchev–Trinajstić information content (AvgIpc) is 2.96. The number of fused-ring (bicyclic) bond motifs is 1. The predicted molar refractivity (Wildman–Crippen MR) is 104 cm³/mol. The second-order valence-corrected chi connectivity index (χ2v) is 5.56. The minimum atomic E-state index is 0. The molecule has 1 aromatic heterocycles. The van der Waals surface area contributed by atoms with Crippen molar-refractivity contribution in [2.75, 3.05) is 13.1 Å². The molecule has 0 bridgehead atoms. The van der Waals surface area contributed by atoms with E-state index in [0.29, 0.717) is 6.54 Å². The van der Waals surface area contributed by atoms with E-state index >= 15 is 0 Å². The fourth-order valence-electron chi connectivity index (χ4n) is 2.81. The van der Waals surface area contributed by atoms with Crippen LogP contribution in [0.1, 0.15) is 23.7 Å². The molecule has 0 unspecified atom stereocenters. The molecule has 1 N–H and O–H groups in total. The van der Waals surface area contributed by atoms with Crippen LogP contribution in [0.4, 0.5) is 0 Å². The van der Waals surface area contributed by atoms with Gasteiger partial charge in [0.25, 0.3) is 0 Å². The largest absolute Gasteiger partial charge is 0.356 e. The first-order chi connectivity index (χ1) is 10.8. The molecule has 0 atom stereocenters. The Morgan fingerprint density at radius 1 is 1.26 bits per heavy atom. The van der Waals surface area contributed by atoms with Gasteiger partial charge in [0.2, 0.25) is 0 Å². The van der Waals surface area contributed by atoms with E-state index in [0.717, 1.165) is 37.7 Å². The standard InChI is InChI=1S/C17H23N5.HI/c1-3-18-17(19-12-16-8-10-20-21(16)2)22-11-9-14-6-4-5-7-15(14)13-22;/h4-8,10H,3,9,11-13H2,1-2H3,(H,18,19);1H. The van der Waals surface area contributed by atoms with E-state index in [1.807, 2.05) is 24.0 Å². The molecule has 1 aromatic carbocycles. The van der Waals surface area contributed by atoms with Gasteiger partial charge in [-0.2, -0.15) is 5.10 Å². The molecule has 1 aliphatic heterocycles. The third-order valence-corrected chi connectivity index (χ3v) is 4.08. The van der Waals surface area contributed by atoms with Crippen LogP contribution in [0.5, 0.6) is 0 Å². The van der Waals surface area contributed by atoms with E-state index < -0.39 is 0 Å². The van der Waals surface area contributed by atoms with Crippen molar-refractivity contribution in [3.8, 4) is 0 Å². The summed E-state index contributed by atoms with van der Waals surface area (Å²) in [7, 11) is 1.95. The lowest BCUT2D eigenvalue weighted by molar-refractivity contribution is 0.378. The molecule has 0 amide bonds. The van der Waals surface area contributed by atoms with Crippen LogP contribution in [0, 0.1) is 0 Å². The number of aliphatic imine (C=N–C) groups is 1. The monoisotopic (exact) mass is 425 g/mol. The highest BCUT2D eigenvalue weighted by molar-refractivity contribution is 14.0. The maximum absolute atomic E-state index is 4.78. The molecule has 0 aliphatic carbocycles. The lowest BCUT2D eigenvalue weighted by atomic mass is 10.0. The fraction of sp³-hybridized carbons (Fsp3) is 0.412. The molecule has 0 fully saturated rings. The van der Waals surface area contributed by atoms with Crippen molar-refractivity contribution in [3.05, 3.63) is 53.3 Å². The molecule has 3 rings (SSSR count). The van der Waals surface area contributed by atoms with Crippen LogP contribution in [0.25, 0.3) is 0 Å². The number of guanidine groups is 1. The molecule has 0 spiro atoms. The number of rotatable bonds is 3. The van der Waals surface area contributed by atoms with Crippen molar-refractivity contribution in [1.29, 1.82) is 0 Å². The highest BCUT2D eigenvalue weighted by Crippen LogP contribution is 2.18. The van der Waals surface area contributed by atoms with Crippen molar-refractivity contribution in [2.24, 2.45) is 12.0 Å². The van der Waals surface area contributed by atoms with Gasteiger partial charge in [-0.15, -0.1) is 24.0 Å². The number of hydrogen-bond acceptors (Lipinski definition) is 2. The number of aryl methyl sites for hydroxylation is 1. The van der Waals surface area contributed by atoms with Crippen LogP contribution in [0.15, 0.2) is 41.5 Å². The lowest BCUT2D eigenvalue weighted by Crippen LogP contribution is -2.44. The van der Waals surface area contributed by atoms with Gasteiger partial charge in [0, 0.05) is 32.9 Å².